The van der Waals surface area contributed by atoms with E-state index in [2.05, 4.69) is 53.5 Å². The lowest BCUT2D eigenvalue weighted by Crippen LogP contribution is -2.38. The predicted molar refractivity (Wildman–Crippen MR) is 149 cm³/mol. The van der Waals surface area contributed by atoms with Crippen molar-refractivity contribution < 1.29 is 23.7 Å². The minimum absolute atomic E-state index is 0.161. The van der Waals surface area contributed by atoms with Gasteiger partial charge in [0, 0.05) is 48.9 Å². The van der Waals surface area contributed by atoms with Gasteiger partial charge in [-0.05, 0) is 48.4 Å². The molecular weight excluding hydrogens is 480 g/mol. The third kappa shape index (κ3) is 6.36. The fraction of sp³-hybridized carbons (Fsp3) is 0.323. The Morgan fingerprint density at radius 2 is 1.74 bits per heavy atom. The van der Waals surface area contributed by atoms with Crippen molar-refractivity contribution in [3.8, 4) is 28.4 Å². The Bertz CT molecular complexity index is 1300. The number of methoxy groups -OCH3 is 1. The number of nitrogens with zero attached hydrogens (tertiary/aromatic N) is 1. The predicted octanol–water partition coefficient (Wildman–Crippen LogP) is 5.19. The van der Waals surface area contributed by atoms with E-state index in [-0.39, 0.29) is 5.91 Å². The molecule has 3 aromatic carbocycles. The van der Waals surface area contributed by atoms with Crippen LogP contribution in [-0.4, -0.2) is 64.0 Å². The molecule has 1 saturated heterocycles. The zero-order valence-corrected chi connectivity index (χ0v) is 22.0. The van der Waals surface area contributed by atoms with E-state index in [1.165, 1.54) is 5.56 Å². The molecule has 2 aliphatic heterocycles. The first-order chi connectivity index (χ1) is 18.6. The summed E-state index contributed by atoms with van der Waals surface area (Å²) in [7, 11) is 1.61. The molecule has 198 valence electrons. The average molecular weight is 515 g/mol. The summed E-state index contributed by atoms with van der Waals surface area (Å²) in [6.07, 6.45) is 2.44. The molecule has 0 atom stereocenters. The molecule has 0 saturated carbocycles. The molecule has 0 aromatic heterocycles. The minimum atomic E-state index is -0.161. The van der Waals surface area contributed by atoms with Crippen molar-refractivity contribution in [2.24, 2.45) is 0 Å². The summed E-state index contributed by atoms with van der Waals surface area (Å²) in [4.78, 5) is 15.6. The van der Waals surface area contributed by atoms with Gasteiger partial charge in [0.2, 0.25) is 0 Å². The lowest BCUT2D eigenvalue weighted by Gasteiger charge is -2.26. The van der Waals surface area contributed by atoms with Gasteiger partial charge in [0.25, 0.3) is 5.91 Å². The lowest BCUT2D eigenvalue weighted by molar-refractivity contribution is -0.113. The summed E-state index contributed by atoms with van der Waals surface area (Å²) in [5.41, 5.74) is 5.63. The fourth-order valence-electron chi connectivity index (χ4n) is 4.62. The van der Waals surface area contributed by atoms with E-state index in [0.29, 0.717) is 42.4 Å². The van der Waals surface area contributed by atoms with Crippen LogP contribution < -0.4 is 19.5 Å². The van der Waals surface area contributed by atoms with E-state index >= 15 is 0 Å². The van der Waals surface area contributed by atoms with E-state index in [0.717, 1.165) is 55.3 Å². The van der Waals surface area contributed by atoms with Crippen molar-refractivity contribution in [1.82, 2.24) is 4.90 Å². The zero-order chi connectivity index (χ0) is 26.3. The van der Waals surface area contributed by atoms with Gasteiger partial charge in [0.05, 0.1) is 26.9 Å². The van der Waals surface area contributed by atoms with Crippen LogP contribution in [0, 0.1) is 6.92 Å². The third-order valence-electron chi connectivity index (χ3n) is 6.84. The summed E-state index contributed by atoms with van der Waals surface area (Å²) in [6.45, 7) is 7.17. The molecule has 1 N–H and O–H groups in total. The number of ether oxygens (including phenoxy) is 4. The van der Waals surface area contributed by atoms with Crippen molar-refractivity contribution in [3.63, 3.8) is 0 Å². The number of benzene rings is 3. The van der Waals surface area contributed by atoms with Crippen molar-refractivity contribution in [2.75, 3.05) is 58.5 Å². The smallest absolute Gasteiger partial charge is 0.251 e. The van der Waals surface area contributed by atoms with Gasteiger partial charge in [-0.3, -0.25) is 9.69 Å². The molecular formula is C31H34N2O5. The maximum absolute atomic E-state index is 13.3. The summed E-state index contributed by atoms with van der Waals surface area (Å²) in [6, 6.07) is 20.0. The van der Waals surface area contributed by atoms with Gasteiger partial charge < -0.3 is 24.3 Å². The summed E-state index contributed by atoms with van der Waals surface area (Å²) in [5, 5.41) is 3.03. The van der Waals surface area contributed by atoms with Gasteiger partial charge >= 0.3 is 0 Å². The van der Waals surface area contributed by atoms with Crippen LogP contribution in [0.4, 0.5) is 5.69 Å². The Morgan fingerprint density at radius 3 is 2.53 bits per heavy atom. The fourth-order valence-corrected chi connectivity index (χ4v) is 4.62. The quantitative estimate of drug-likeness (QED) is 0.447. The highest BCUT2D eigenvalue weighted by Crippen LogP contribution is 2.33. The lowest BCUT2D eigenvalue weighted by atomic mass is 10.00. The molecule has 7 nitrogen and oxygen atoms in total. The summed E-state index contributed by atoms with van der Waals surface area (Å²) in [5.74, 6) is 1.85. The monoisotopic (exact) mass is 514 g/mol. The number of morpholine rings is 1. The molecule has 5 rings (SSSR count). The van der Waals surface area contributed by atoms with Crippen LogP contribution in [0.3, 0.4) is 0 Å². The highest BCUT2D eigenvalue weighted by atomic mass is 16.5. The minimum Gasteiger partial charge on any atom is -0.493 e. The first-order valence-electron chi connectivity index (χ1n) is 13.1. The normalized spacial score (nSPS) is 15.5. The third-order valence-corrected chi connectivity index (χ3v) is 6.84. The number of carbonyl (C=O) groups is 1. The van der Waals surface area contributed by atoms with E-state index < -0.39 is 0 Å². The Morgan fingerprint density at radius 1 is 0.947 bits per heavy atom. The van der Waals surface area contributed by atoms with Gasteiger partial charge in [0.15, 0.2) is 11.5 Å². The Balaban J connectivity index is 1.29. The number of nitrogens with one attached hydrogen (secondary N) is 1. The van der Waals surface area contributed by atoms with Crippen LogP contribution in [-0.2, 0) is 9.53 Å². The number of rotatable bonds is 8. The molecule has 0 radical (unpaired) electrons. The van der Waals surface area contributed by atoms with E-state index in [9.17, 15) is 4.79 Å². The SMILES string of the molecule is COc1ccc(NC(=O)C2=Cc3cc(-c4ccc(C)cc4)ccc3OCC2)cc1OCCN1CCOCC1. The maximum Gasteiger partial charge on any atom is 0.251 e. The Kier molecular flexibility index (Phi) is 8.26. The summed E-state index contributed by atoms with van der Waals surface area (Å²) >= 11 is 0. The van der Waals surface area contributed by atoms with Gasteiger partial charge in [0.1, 0.15) is 12.4 Å². The second kappa shape index (κ2) is 12.2. The highest BCUT2D eigenvalue weighted by molar-refractivity contribution is 6.07. The van der Waals surface area contributed by atoms with Crippen molar-refractivity contribution in [1.29, 1.82) is 0 Å². The molecule has 0 unspecified atom stereocenters. The largest absolute Gasteiger partial charge is 0.493 e. The van der Waals surface area contributed by atoms with Crippen LogP contribution in [0.1, 0.15) is 17.5 Å². The number of hydrogen-bond acceptors (Lipinski definition) is 6. The van der Waals surface area contributed by atoms with E-state index in [1.807, 2.05) is 30.3 Å². The molecule has 38 heavy (non-hydrogen) atoms. The number of amides is 1. The van der Waals surface area contributed by atoms with Gasteiger partial charge in [-0.25, -0.2) is 0 Å². The van der Waals surface area contributed by atoms with E-state index in [4.69, 9.17) is 18.9 Å². The second-order valence-electron chi connectivity index (χ2n) is 9.51. The molecule has 0 spiro atoms. The molecule has 0 bridgehead atoms. The van der Waals surface area contributed by atoms with Crippen molar-refractivity contribution in [2.45, 2.75) is 13.3 Å². The topological polar surface area (TPSA) is 69.3 Å². The molecule has 2 aliphatic rings. The van der Waals surface area contributed by atoms with Gasteiger partial charge in [-0.2, -0.15) is 0 Å². The number of fused-ring (bicyclic) bond motifs is 1. The van der Waals surface area contributed by atoms with Gasteiger partial charge in [-0.15, -0.1) is 0 Å². The molecule has 7 heteroatoms. The number of carbonyl (C=O) groups excluding carboxylic acids is 1. The standard InChI is InChI=1S/C31H34N2O5/c1-22-3-5-23(6-4-22)24-7-9-28-26(19-24)20-25(11-15-37-28)31(34)32-27-8-10-29(35-2)30(21-27)38-18-14-33-12-16-36-17-13-33/h3-10,19-21H,11-18H2,1-2H3,(H,32,34). The van der Waals surface area contributed by atoms with Crippen molar-refractivity contribution in [3.05, 3.63) is 77.4 Å². The average Bonchev–Trinajstić information content (AvgIpc) is 3.16. The van der Waals surface area contributed by atoms with Crippen LogP contribution in [0.25, 0.3) is 17.2 Å². The maximum atomic E-state index is 13.3. The first-order valence-corrected chi connectivity index (χ1v) is 13.1. The second-order valence-corrected chi connectivity index (χ2v) is 9.51. The molecule has 3 aromatic rings. The molecule has 2 heterocycles. The number of anilines is 1. The first kappa shape index (κ1) is 25.8. The van der Waals surface area contributed by atoms with Crippen LogP contribution in [0.5, 0.6) is 17.2 Å². The van der Waals surface area contributed by atoms with Crippen LogP contribution >= 0.6 is 0 Å². The van der Waals surface area contributed by atoms with Crippen LogP contribution in [0.15, 0.2) is 66.2 Å². The molecule has 1 fully saturated rings. The summed E-state index contributed by atoms with van der Waals surface area (Å²) < 4.78 is 22.9. The number of aryl methyl sites for hydroxylation is 1. The number of hydrogen-bond donors (Lipinski definition) is 1. The molecule has 0 aliphatic carbocycles. The molecule has 1 amide bonds. The van der Waals surface area contributed by atoms with E-state index in [1.54, 1.807) is 7.11 Å². The zero-order valence-electron chi connectivity index (χ0n) is 22.0. The highest BCUT2D eigenvalue weighted by Gasteiger charge is 2.18. The van der Waals surface area contributed by atoms with Crippen LogP contribution in [0.2, 0.25) is 0 Å². The Hall–Kier alpha value is -3.81. The van der Waals surface area contributed by atoms with Gasteiger partial charge in [-0.1, -0.05) is 35.9 Å². The van der Waals surface area contributed by atoms with Crippen molar-refractivity contribution >= 4 is 17.7 Å². The Labute approximate surface area is 224 Å².